The van der Waals surface area contributed by atoms with Crippen LogP contribution in [-0.4, -0.2) is 10.9 Å². The van der Waals surface area contributed by atoms with Crippen molar-refractivity contribution in [2.24, 2.45) is 0 Å². The average molecular weight is 353 g/mol. The van der Waals surface area contributed by atoms with Gasteiger partial charge in [0.2, 0.25) is 0 Å². The Morgan fingerprint density at radius 2 is 2.06 bits per heavy atom. The molecule has 2 unspecified atom stereocenters. The first-order valence-corrected chi connectivity index (χ1v) is 7.01. The van der Waals surface area contributed by atoms with Crippen LogP contribution in [0, 0.1) is 5.82 Å². The van der Waals surface area contributed by atoms with Crippen molar-refractivity contribution >= 4 is 31.9 Å². The molecule has 1 aromatic carbocycles. The van der Waals surface area contributed by atoms with Crippen molar-refractivity contribution < 1.29 is 4.39 Å². The lowest BCUT2D eigenvalue weighted by atomic mass is 10.1. The number of rotatable bonds is 5. The third-order valence-electron chi connectivity index (χ3n) is 2.33. The predicted molar refractivity (Wildman–Crippen MR) is 73.4 cm³/mol. The van der Waals surface area contributed by atoms with Crippen LogP contribution in [0.15, 0.2) is 22.7 Å². The lowest BCUT2D eigenvalue weighted by Gasteiger charge is -2.15. The Morgan fingerprint density at radius 3 is 2.69 bits per heavy atom. The summed E-state index contributed by atoms with van der Waals surface area (Å²) in [5.41, 5.74) is 0.698. The first-order valence-electron chi connectivity index (χ1n) is 5.30. The van der Waals surface area contributed by atoms with E-state index in [1.165, 1.54) is 6.07 Å². The van der Waals surface area contributed by atoms with Crippen LogP contribution in [0.5, 0.6) is 0 Å². The van der Waals surface area contributed by atoms with Crippen LogP contribution in [0.4, 0.5) is 4.39 Å². The molecule has 1 rings (SSSR count). The summed E-state index contributed by atoms with van der Waals surface area (Å²) in [5, 5.41) is 3.31. The molecule has 0 amide bonds. The minimum Gasteiger partial charge on any atom is -0.310 e. The fourth-order valence-electron chi connectivity index (χ4n) is 1.53. The molecule has 0 aliphatic carbocycles. The molecular weight excluding hydrogens is 337 g/mol. The molecule has 4 heteroatoms. The molecule has 0 saturated carbocycles. The summed E-state index contributed by atoms with van der Waals surface area (Å²) in [6.07, 6.45) is 1.02. The van der Waals surface area contributed by atoms with Gasteiger partial charge in [-0.25, -0.2) is 4.39 Å². The smallest absolute Gasteiger partial charge is 0.127 e. The summed E-state index contributed by atoms with van der Waals surface area (Å²) < 4.78 is 14.3. The minimum absolute atomic E-state index is 0.158. The van der Waals surface area contributed by atoms with Crippen molar-refractivity contribution in [3.05, 3.63) is 34.1 Å². The summed E-state index contributed by atoms with van der Waals surface area (Å²) in [7, 11) is 0. The topological polar surface area (TPSA) is 12.0 Å². The predicted octanol–water partition coefficient (Wildman–Crippen LogP) is 4.24. The maximum Gasteiger partial charge on any atom is 0.127 e. The first-order chi connectivity index (χ1) is 7.49. The Morgan fingerprint density at radius 1 is 1.38 bits per heavy atom. The standard InChI is InChI=1S/C12H16Br2FN/c1-8(13)5-9(2)16-7-10-6-11(14)3-4-12(10)15/h3-4,6,8-9,16H,5,7H2,1-2H3. The van der Waals surface area contributed by atoms with E-state index >= 15 is 0 Å². The van der Waals surface area contributed by atoms with Crippen LogP contribution in [0.1, 0.15) is 25.8 Å². The third-order valence-corrected chi connectivity index (χ3v) is 3.19. The Kier molecular flexibility index (Phi) is 5.94. The largest absolute Gasteiger partial charge is 0.310 e. The van der Waals surface area contributed by atoms with Crippen molar-refractivity contribution in [1.29, 1.82) is 0 Å². The first kappa shape index (κ1) is 14.1. The molecule has 0 bridgehead atoms. The van der Waals surface area contributed by atoms with E-state index < -0.39 is 0 Å². The van der Waals surface area contributed by atoms with E-state index in [0.717, 1.165) is 10.9 Å². The molecule has 0 heterocycles. The van der Waals surface area contributed by atoms with Gasteiger partial charge in [0.05, 0.1) is 0 Å². The van der Waals surface area contributed by atoms with Gasteiger partial charge in [-0.3, -0.25) is 0 Å². The Bertz CT molecular complexity index is 342. The van der Waals surface area contributed by atoms with Crippen LogP contribution in [-0.2, 0) is 6.54 Å². The SMILES string of the molecule is CC(Br)CC(C)NCc1cc(Br)ccc1F. The Labute approximate surface area is 113 Å². The Hall–Kier alpha value is 0.0700. The summed E-state index contributed by atoms with van der Waals surface area (Å²) in [6.45, 7) is 4.78. The molecule has 0 saturated heterocycles. The maximum atomic E-state index is 13.4. The number of hydrogen-bond acceptors (Lipinski definition) is 1. The molecule has 0 radical (unpaired) electrons. The van der Waals surface area contributed by atoms with Gasteiger partial charge < -0.3 is 5.32 Å². The number of nitrogens with one attached hydrogen (secondary N) is 1. The highest BCUT2D eigenvalue weighted by Gasteiger charge is 2.07. The van der Waals surface area contributed by atoms with E-state index in [-0.39, 0.29) is 5.82 Å². The van der Waals surface area contributed by atoms with E-state index in [1.807, 2.05) is 6.07 Å². The molecule has 0 spiro atoms. The fraction of sp³-hybridized carbons (Fsp3) is 0.500. The lowest BCUT2D eigenvalue weighted by molar-refractivity contribution is 0.502. The quantitative estimate of drug-likeness (QED) is 0.781. The van der Waals surface area contributed by atoms with Crippen molar-refractivity contribution in [3.8, 4) is 0 Å². The van der Waals surface area contributed by atoms with Gasteiger partial charge in [-0.15, -0.1) is 0 Å². The van der Waals surface area contributed by atoms with Crippen molar-refractivity contribution in [2.45, 2.75) is 37.7 Å². The monoisotopic (exact) mass is 351 g/mol. The number of alkyl halides is 1. The molecule has 0 aliphatic rings. The zero-order valence-electron chi connectivity index (χ0n) is 9.43. The van der Waals surface area contributed by atoms with Gasteiger partial charge in [0.15, 0.2) is 0 Å². The molecule has 2 atom stereocenters. The van der Waals surface area contributed by atoms with Crippen LogP contribution in [0.3, 0.4) is 0 Å². The molecule has 1 nitrogen and oxygen atoms in total. The third kappa shape index (κ3) is 4.93. The summed E-state index contributed by atoms with van der Waals surface area (Å²) in [5.74, 6) is -0.158. The van der Waals surface area contributed by atoms with Gasteiger partial charge in [-0.2, -0.15) is 0 Å². The molecule has 0 fully saturated rings. The normalized spacial score (nSPS) is 14.8. The van der Waals surface area contributed by atoms with Crippen LogP contribution >= 0.6 is 31.9 Å². The van der Waals surface area contributed by atoms with Gasteiger partial charge in [-0.1, -0.05) is 38.8 Å². The van der Waals surface area contributed by atoms with E-state index in [0.29, 0.717) is 23.0 Å². The van der Waals surface area contributed by atoms with Crippen LogP contribution < -0.4 is 5.32 Å². The number of benzene rings is 1. The summed E-state index contributed by atoms with van der Waals surface area (Å²) >= 11 is 6.85. The molecule has 1 aromatic rings. The second kappa shape index (κ2) is 6.72. The molecule has 16 heavy (non-hydrogen) atoms. The molecule has 1 N–H and O–H groups in total. The minimum atomic E-state index is -0.158. The highest BCUT2D eigenvalue weighted by atomic mass is 79.9. The second-order valence-electron chi connectivity index (χ2n) is 4.03. The number of halogens is 3. The lowest BCUT2D eigenvalue weighted by Crippen LogP contribution is -2.27. The Balaban J connectivity index is 2.51. The second-order valence-corrected chi connectivity index (χ2v) is 6.51. The van der Waals surface area contributed by atoms with E-state index in [2.05, 4.69) is 51.0 Å². The fourth-order valence-corrected chi connectivity index (χ4v) is 2.50. The molecule has 0 aromatic heterocycles. The zero-order valence-corrected chi connectivity index (χ0v) is 12.6. The summed E-state index contributed by atoms with van der Waals surface area (Å²) in [6, 6.07) is 5.38. The van der Waals surface area contributed by atoms with E-state index in [1.54, 1.807) is 6.07 Å². The van der Waals surface area contributed by atoms with Gasteiger partial charge in [0.25, 0.3) is 0 Å². The zero-order chi connectivity index (χ0) is 12.1. The number of hydrogen-bond donors (Lipinski definition) is 1. The average Bonchev–Trinajstić information content (AvgIpc) is 2.18. The van der Waals surface area contributed by atoms with E-state index in [9.17, 15) is 4.39 Å². The van der Waals surface area contributed by atoms with E-state index in [4.69, 9.17) is 0 Å². The molecular formula is C12H16Br2FN. The van der Waals surface area contributed by atoms with Gasteiger partial charge in [-0.05, 0) is 31.5 Å². The van der Waals surface area contributed by atoms with Crippen LogP contribution in [0.2, 0.25) is 0 Å². The highest BCUT2D eigenvalue weighted by molar-refractivity contribution is 9.10. The van der Waals surface area contributed by atoms with Gasteiger partial charge in [0, 0.05) is 27.4 Å². The summed E-state index contributed by atoms with van der Waals surface area (Å²) in [4.78, 5) is 0.474. The molecule has 90 valence electrons. The molecule has 0 aliphatic heterocycles. The highest BCUT2D eigenvalue weighted by Crippen LogP contribution is 2.16. The van der Waals surface area contributed by atoms with Crippen molar-refractivity contribution in [1.82, 2.24) is 5.32 Å². The van der Waals surface area contributed by atoms with Crippen molar-refractivity contribution in [3.63, 3.8) is 0 Å². The van der Waals surface area contributed by atoms with Crippen molar-refractivity contribution in [2.75, 3.05) is 0 Å². The van der Waals surface area contributed by atoms with Gasteiger partial charge >= 0.3 is 0 Å². The van der Waals surface area contributed by atoms with Crippen LogP contribution in [0.25, 0.3) is 0 Å². The maximum absolute atomic E-state index is 13.4. The van der Waals surface area contributed by atoms with Gasteiger partial charge in [0.1, 0.15) is 5.82 Å².